The minimum Gasteiger partial charge on any atom is -0.385 e. The molecule has 0 spiro atoms. The molecule has 0 saturated heterocycles. The maximum atomic E-state index is 11.2. The van der Waals surface area contributed by atoms with Crippen molar-refractivity contribution in [3.8, 4) is 0 Å². The number of rotatable bonds is 14. The van der Waals surface area contributed by atoms with Crippen molar-refractivity contribution in [2.45, 2.75) is 50.0 Å². The molecule has 0 fully saturated rings. The molecule has 0 rings (SSSR count). The minimum absolute atomic E-state index is 0.0161. The molecule has 0 amide bonds. The molecule has 4 N–H and O–H groups in total. The second-order valence-corrected chi connectivity index (χ2v) is 10.4. The average Bonchev–Trinajstić information content (AvgIpc) is 2.54. The van der Waals surface area contributed by atoms with Crippen molar-refractivity contribution >= 4 is 20.0 Å². The van der Waals surface area contributed by atoms with Gasteiger partial charge in [-0.25, -0.2) is 27.1 Å². The van der Waals surface area contributed by atoms with Crippen LogP contribution in [0.5, 0.6) is 0 Å². The van der Waals surface area contributed by atoms with E-state index in [1.165, 1.54) is 0 Å². The number of allylic oxidation sites excluding steroid dienone is 2. The number of primary sulfonamides is 2. The molecule has 0 saturated carbocycles. The van der Waals surface area contributed by atoms with Crippen LogP contribution in [0.15, 0.2) is 25.3 Å². The van der Waals surface area contributed by atoms with Crippen molar-refractivity contribution in [1.29, 1.82) is 0 Å². The standard InChI is InChI=1S/2C9H19NO3S/c2*1-4-5-8(2)9(6-7-13-3)14(10,11)12/h2*4,8-9H,1,5-7H2,2-3H3,(H2,10,11,12)/t8-,9+;8-,9-/m00/s1. The number of hydrogen-bond acceptors (Lipinski definition) is 6. The van der Waals surface area contributed by atoms with Gasteiger partial charge in [-0.05, 0) is 37.5 Å². The first-order valence-corrected chi connectivity index (χ1v) is 12.3. The lowest BCUT2D eigenvalue weighted by molar-refractivity contribution is 0.188. The summed E-state index contributed by atoms with van der Waals surface area (Å²) in [6.45, 7) is 11.7. The zero-order valence-electron chi connectivity index (χ0n) is 17.5. The fraction of sp³-hybridized carbons (Fsp3) is 0.778. The highest BCUT2D eigenvalue weighted by Crippen LogP contribution is 2.19. The third-order valence-electron chi connectivity index (χ3n) is 4.40. The zero-order valence-corrected chi connectivity index (χ0v) is 19.2. The van der Waals surface area contributed by atoms with Crippen LogP contribution in [-0.4, -0.2) is 54.8 Å². The molecule has 10 heteroatoms. The van der Waals surface area contributed by atoms with Crippen LogP contribution in [0, 0.1) is 11.8 Å². The molecule has 0 aromatic heterocycles. The SMILES string of the molecule is C=CC[C@H](C)[C@@H](CCOC)S(N)(=O)=O.C=CC[C@H](C)[C@H](CCOC)S(N)(=O)=O. The summed E-state index contributed by atoms with van der Waals surface area (Å²) < 4.78 is 54.7. The van der Waals surface area contributed by atoms with E-state index < -0.39 is 30.5 Å². The normalized spacial score (nSPS) is 16.2. The van der Waals surface area contributed by atoms with Gasteiger partial charge in [0, 0.05) is 27.4 Å². The summed E-state index contributed by atoms with van der Waals surface area (Å²) in [5.74, 6) is -0.0321. The molecule has 0 aromatic rings. The molecule has 0 aliphatic heterocycles. The van der Waals surface area contributed by atoms with E-state index in [-0.39, 0.29) is 11.8 Å². The summed E-state index contributed by atoms with van der Waals surface area (Å²) in [6, 6.07) is 0. The van der Waals surface area contributed by atoms with Crippen molar-refractivity contribution in [3.63, 3.8) is 0 Å². The fourth-order valence-electron chi connectivity index (χ4n) is 2.84. The minimum atomic E-state index is -3.49. The summed E-state index contributed by atoms with van der Waals surface area (Å²) in [7, 11) is -3.89. The Hall–Kier alpha value is -0.780. The highest BCUT2D eigenvalue weighted by atomic mass is 32.2. The van der Waals surface area contributed by atoms with Crippen LogP contribution in [0.4, 0.5) is 0 Å². The molecule has 0 aliphatic carbocycles. The van der Waals surface area contributed by atoms with Crippen molar-refractivity contribution in [3.05, 3.63) is 25.3 Å². The Labute approximate surface area is 171 Å². The molecule has 28 heavy (non-hydrogen) atoms. The number of nitrogens with two attached hydrogens (primary N) is 2. The highest BCUT2D eigenvalue weighted by Gasteiger charge is 2.27. The van der Waals surface area contributed by atoms with Crippen LogP contribution >= 0.6 is 0 Å². The zero-order chi connectivity index (χ0) is 22.4. The maximum absolute atomic E-state index is 11.2. The van der Waals surface area contributed by atoms with Crippen LogP contribution < -0.4 is 10.3 Å². The van der Waals surface area contributed by atoms with Crippen molar-refractivity contribution in [1.82, 2.24) is 0 Å². The van der Waals surface area contributed by atoms with E-state index in [9.17, 15) is 16.8 Å². The Balaban J connectivity index is 0. The molecule has 0 aliphatic rings. The first-order valence-electron chi connectivity index (χ1n) is 9.09. The quantitative estimate of drug-likeness (QED) is 0.393. The average molecular weight is 443 g/mol. The van der Waals surface area contributed by atoms with E-state index in [1.54, 1.807) is 26.4 Å². The van der Waals surface area contributed by atoms with Gasteiger partial charge in [0.05, 0.1) is 10.5 Å². The Morgan fingerprint density at radius 3 is 1.25 bits per heavy atom. The highest BCUT2D eigenvalue weighted by molar-refractivity contribution is 7.90. The molecule has 0 radical (unpaired) electrons. The van der Waals surface area contributed by atoms with Crippen LogP contribution in [0.3, 0.4) is 0 Å². The van der Waals surface area contributed by atoms with Crippen molar-refractivity contribution in [2.75, 3.05) is 27.4 Å². The van der Waals surface area contributed by atoms with Gasteiger partial charge < -0.3 is 9.47 Å². The second-order valence-electron chi connectivity index (χ2n) is 6.82. The van der Waals surface area contributed by atoms with Gasteiger partial charge in [-0.2, -0.15) is 0 Å². The van der Waals surface area contributed by atoms with Gasteiger partial charge in [0.1, 0.15) is 0 Å². The Bertz CT molecular complexity index is 578. The predicted octanol–water partition coefficient (Wildman–Crippen LogP) is 1.78. The van der Waals surface area contributed by atoms with E-state index in [0.29, 0.717) is 38.9 Å². The van der Waals surface area contributed by atoms with Gasteiger partial charge >= 0.3 is 0 Å². The van der Waals surface area contributed by atoms with Gasteiger partial charge in [0.25, 0.3) is 0 Å². The van der Waals surface area contributed by atoms with Crippen LogP contribution in [0.1, 0.15) is 39.5 Å². The molecule has 168 valence electrons. The third-order valence-corrected chi connectivity index (χ3v) is 7.49. The lowest BCUT2D eigenvalue weighted by Gasteiger charge is -2.20. The molecule has 4 atom stereocenters. The molecule has 0 heterocycles. The van der Waals surface area contributed by atoms with E-state index in [2.05, 4.69) is 13.2 Å². The van der Waals surface area contributed by atoms with Crippen molar-refractivity contribution in [2.24, 2.45) is 22.1 Å². The van der Waals surface area contributed by atoms with Gasteiger partial charge in [-0.1, -0.05) is 26.0 Å². The third kappa shape index (κ3) is 13.4. The smallest absolute Gasteiger partial charge is 0.212 e. The predicted molar refractivity (Wildman–Crippen MR) is 115 cm³/mol. The number of sulfonamides is 2. The fourth-order valence-corrected chi connectivity index (χ4v) is 5.21. The topological polar surface area (TPSA) is 139 Å². The van der Waals surface area contributed by atoms with Gasteiger partial charge in [0.2, 0.25) is 20.0 Å². The van der Waals surface area contributed by atoms with Gasteiger partial charge in [0.15, 0.2) is 0 Å². The molecular formula is C18H38N2O6S2. The van der Waals surface area contributed by atoms with Crippen LogP contribution in [0.25, 0.3) is 0 Å². The van der Waals surface area contributed by atoms with Gasteiger partial charge in [-0.15, -0.1) is 13.2 Å². The maximum Gasteiger partial charge on any atom is 0.212 e. The summed E-state index contributed by atoms with van der Waals surface area (Å²) in [4.78, 5) is 0. The molecule has 0 unspecified atom stereocenters. The summed E-state index contributed by atoms with van der Waals surface area (Å²) in [6.07, 6.45) is 5.57. The number of hydrogen-bond donors (Lipinski definition) is 2. The largest absolute Gasteiger partial charge is 0.385 e. The summed E-state index contributed by atoms with van der Waals surface area (Å²) >= 11 is 0. The van der Waals surface area contributed by atoms with E-state index >= 15 is 0 Å². The van der Waals surface area contributed by atoms with Gasteiger partial charge in [-0.3, -0.25) is 0 Å². The first-order chi connectivity index (χ1) is 12.9. The number of ether oxygens (including phenoxy) is 2. The lowest BCUT2D eigenvalue weighted by Crippen LogP contribution is -2.34. The molecule has 8 nitrogen and oxygen atoms in total. The second kappa shape index (κ2) is 15.1. The number of methoxy groups -OCH3 is 2. The Morgan fingerprint density at radius 1 is 0.786 bits per heavy atom. The van der Waals surface area contributed by atoms with E-state index in [4.69, 9.17) is 19.8 Å². The molecule has 0 aromatic carbocycles. The molecule has 0 bridgehead atoms. The summed E-state index contributed by atoms with van der Waals surface area (Å²) in [5.41, 5.74) is 0. The monoisotopic (exact) mass is 442 g/mol. The van der Waals surface area contributed by atoms with E-state index in [0.717, 1.165) is 0 Å². The van der Waals surface area contributed by atoms with Crippen molar-refractivity contribution < 1.29 is 26.3 Å². The summed E-state index contributed by atoms with van der Waals surface area (Å²) in [5, 5.41) is 9.19. The van der Waals surface area contributed by atoms with E-state index in [1.807, 2.05) is 13.8 Å². The Morgan fingerprint density at radius 2 is 1.07 bits per heavy atom. The van der Waals surface area contributed by atoms with Crippen LogP contribution in [0.2, 0.25) is 0 Å². The Kier molecular flexibility index (Phi) is 15.9. The first kappa shape index (κ1) is 29.4. The lowest BCUT2D eigenvalue weighted by atomic mass is 10.0. The van der Waals surface area contributed by atoms with Crippen LogP contribution in [-0.2, 0) is 29.5 Å². The molecular weight excluding hydrogens is 404 g/mol.